The second kappa shape index (κ2) is 10.4. The van der Waals surface area contributed by atoms with Crippen molar-refractivity contribution in [3.05, 3.63) is 11.6 Å². The Morgan fingerprint density at radius 1 is 1.35 bits per heavy atom. The van der Waals surface area contributed by atoms with Crippen molar-refractivity contribution in [2.75, 3.05) is 26.2 Å². The number of aromatic nitrogens is 3. The van der Waals surface area contributed by atoms with Crippen LogP contribution < -0.4 is 5.32 Å². The first-order valence-corrected chi connectivity index (χ1v) is 9.68. The van der Waals surface area contributed by atoms with E-state index in [-0.39, 0.29) is 24.0 Å². The average Bonchev–Trinajstić information content (AvgIpc) is 2.96. The molecule has 0 aliphatic carbocycles. The molecule has 2 saturated heterocycles. The van der Waals surface area contributed by atoms with Gasteiger partial charge in [-0.1, -0.05) is 13.3 Å². The monoisotopic (exact) mass is 476 g/mol. The summed E-state index contributed by atoms with van der Waals surface area (Å²) in [6.45, 7) is 8.70. The molecule has 2 atom stereocenters. The molecular weight excluding hydrogens is 443 g/mol. The van der Waals surface area contributed by atoms with Gasteiger partial charge in [0.15, 0.2) is 11.8 Å². The molecule has 2 unspecified atom stereocenters. The number of guanidine groups is 1. The Hall–Kier alpha value is -0.900. The van der Waals surface area contributed by atoms with Crippen LogP contribution in [-0.4, -0.2) is 58.0 Å². The fourth-order valence-corrected chi connectivity index (χ4v) is 3.66. The quantitative estimate of drug-likeness (QED) is 0.306. The highest BCUT2D eigenvalue weighted by atomic mass is 127. The van der Waals surface area contributed by atoms with E-state index in [1.54, 1.807) is 0 Å². The Morgan fingerprint density at radius 2 is 2.19 bits per heavy atom. The number of rotatable bonds is 5. The summed E-state index contributed by atoms with van der Waals surface area (Å²) in [6.07, 6.45) is 6.34. The predicted octanol–water partition coefficient (Wildman–Crippen LogP) is 2.49. The molecule has 2 aliphatic rings. The zero-order valence-electron chi connectivity index (χ0n) is 16.3. The van der Waals surface area contributed by atoms with Gasteiger partial charge in [-0.15, -0.1) is 34.2 Å². The molecule has 0 bridgehead atoms. The standard InChI is InChI=1S/C18H32N6O.HI/c1-4-5-9-19-18(20-12-17-22-21-14(2)23(17)3)24-10-8-16-15(13-24)7-6-11-25-16;/h15-16H,4-13H2,1-3H3,(H,19,20);1H. The van der Waals surface area contributed by atoms with Crippen molar-refractivity contribution >= 4 is 29.9 Å². The lowest BCUT2D eigenvalue weighted by atomic mass is 9.88. The third-order valence-electron chi connectivity index (χ3n) is 5.38. The lowest BCUT2D eigenvalue weighted by Crippen LogP contribution is -2.52. The number of aryl methyl sites for hydroxylation is 1. The summed E-state index contributed by atoms with van der Waals surface area (Å²) in [4.78, 5) is 7.28. The van der Waals surface area contributed by atoms with Crippen LogP contribution in [0, 0.1) is 12.8 Å². The normalized spacial score (nSPS) is 23.3. The highest BCUT2D eigenvalue weighted by Gasteiger charge is 2.33. The molecule has 148 valence electrons. The highest BCUT2D eigenvalue weighted by molar-refractivity contribution is 14.0. The van der Waals surface area contributed by atoms with Gasteiger partial charge in [0.2, 0.25) is 0 Å². The van der Waals surface area contributed by atoms with Crippen molar-refractivity contribution in [3.8, 4) is 0 Å². The third kappa shape index (κ3) is 5.31. The molecule has 0 amide bonds. The van der Waals surface area contributed by atoms with Gasteiger partial charge >= 0.3 is 0 Å². The van der Waals surface area contributed by atoms with Crippen LogP contribution in [0.4, 0.5) is 0 Å². The minimum absolute atomic E-state index is 0. The van der Waals surface area contributed by atoms with Gasteiger partial charge in [0.1, 0.15) is 12.4 Å². The van der Waals surface area contributed by atoms with Gasteiger partial charge < -0.3 is 19.5 Å². The number of unbranched alkanes of at least 4 members (excludes halogenated alkanes) is 1. The summed E-state index contributed by atoms with van der Waals surface area (Å²) >= 11 is 0. The lowest BCUT2D eigenvalue weighted by molar-refractivity contribution is -0.0559. The minimum atomic E-state index is 0. The van der Waals surface area contributed by atoms with E-state index >= 15 is 0 Å². The Kier molecular flexibility index (Phi) is 8.59. The molecule has 3 rings (SSSR count). The van der Waals surface area contributed by atoms with Crippen LogP contribution in [0.15, 0.2) is 4.99 Å². The molecule has 2 fully saturated rings. The first-order chi connectivity index (χ1) is 12.2. The van der Waals surface area contributed by atoms with Gasteiger partial charge in [-0.25, -0.2) is 4.99 Å². The summed E-state index contributed by atoms with van der Waals surface area (Å²) < 4.78 is 7.96. The number of halogens is 1. The zero-order chi connectivity index (χ0) is 17.6. The molecule has 3 heterocycles. The average molecular weight is 476 g/mol. The van der Waals surface area contributed by atoms with Gasteiger partial charge in [-0.3, -0.25) is 0 Å². The third-order valence-corrected chi connectivity index (χ3v) is 5.38. The van der Waals surface area contributed by atoms with Crippen molar-refractivity contribution < 1.29 is 4.74 Å². The molecule has 26 heavy (non-hydrogen) atoms. The fourth-order valence-electron chi connectivity index (χ4n) is 3.66. The van der Waals surface area contributed by atoms with Gasteiger partial charge in [0, 0.05) is 39.2 Å². The van der Waals surface area contributed by atoms with Gasteiger partial charge in [0.25, 0.3) is 0 Å². The summed E-state index contributed by atoms with van der Waals surface area (Å²) in [7, 11) is 2.00. The van der Waals surface area contributed by atoms with Crippen molar-refractivity contribution in [3.63, 3.8) is 0 Å². The Morgan fingerprint density at radius 3 is 2.92 bits per heavy atom. The SMILES string of the molecule is CCCCNC(=NCc1nnc(C)n1C)N1CCC2OCCCC2C1.I. The number of likely N-dealkylation sites (tertiary alicyclic amines) is 1. The molecule has 8 heteroatoms. The lowest BCUT2D eigenvalue weighted by Gasteiger charge is -2.42. The van der Waals surface area contributed by atoms with Gasteiger partial charge in [0.05, 0.1) is 6.10 Å². The number of aliphatic imine (C=N–C) groups is 1. The summed E-state index contributed by atoms with van der Waals surface area (Å²) in [5, 5.41) is 11.9. The first kappa shape index (κ1) is 21.4. The van der Waals surface area contributed by atoms with E-state index in [0.29, 0.717) is 18.6 Å². The summed E-state index contributed by atoms with van der Waals surface area (Å²) in [5.74, 6) is 3.48. The van der Waals surface area contributed by atoms with Crippen molar-refractivity contribution in [1.82, 2.24) is 25.0 Å². The van der Waals surface area contributed by atoms with Crippen LogP contribution in [-0.2, 0) is 18.3 Å². The molecule has 2 aliphatic heterocycles. The Labute approximate surface area is 174 Å². The molecule has 1 N–H and O–H groups in total. The highest BCUT2D eigenvalue weighted by Crippen LogP contribution is 2.28. The molecule has 0 spiro atoms. The maximum Gasteiger partial charge on any atom is 0.194 e. The number of nitrogens with zero attached hydrogens (tertiary/aromatic N) is 5. The topological polar surface area (TPSA) is 67.6 Å². The van der Waals surface area contributed by atoms with Crippen molar-refractivity contribution in [2.24, 2.45) is 18.0 Å². The van der Waals surface area contributed by atoms with Crippen LogP contribution in [0.25, 0.3) is 0 Å². The number of hydrogen-bond donors (Lipinski definition) is 1. The maximum atomic E-state index is 5.95. The Bertz CT molecular complexity index is 590. The summed E-state index contributed by atoms with van der Waals surface area (Å²) in [5.41, 5.74) is 0. The van der Waals surface area contributed by atoms with E-state index in [0.717, 1.165) is 56.7 Å². The second-order valence-electron chi connectivity index (χ2n) is 7.19. The van der Waals surface area contributed by atoms with Crippen LogP contribution >= 0.6 is 24.0 Å². The molecule has 7 nitrogen and oxygen atoms in total. The molecular formula is C18H33IN6O. The van der Waals surface area contributed by atoms with Crippen molar-refractivity contribution in [2.45, 2.75) is 58.6 Å². The first-order valence-electron chi connectivity index (χ1n) is 9.68. The largest absolute Gasteiger partial charge is 0.378 e. The van der Waals surface area contributed by atoms with E-state index in [9.17, 15) is 0 Å². The molecule has 0 aromatic carbocycles. The summed E-state index contributed by atoms with van der Waals surface area (Å²) in [6, 6.07) is 0. The zero-order valence-corrected chi connectivity index (χ0v) is 18.6. The van der Waals surface area contributed by atoms with E-state index in [4.69, 9.17) is 9.73 Å². The Balaban J connectivity index is 0.00000243. The maximum absolute atomic E-state index is 5.95. The van der Waals surface area contributed by atoms with Crippen LogP contribution in [0.5, 0.6) is 0 Å². The van der Waals surface area contributed by atoms with Crippen LogP contribution in [0.1, 0.15) is 50.7 Å². The van der Waals surface area contributed by atoms with E-state index in [1.165, 1.54) is 19.3 Å². The number of ether oxygens (including phenoxy) is 1. The molecule has 0 saturated carbocycles. The molecule has 0 radical (unpaired) electrons. The predicted molar refractivity (Wildman–Crippen MR) is 114 cm³/mol. The molecule has 1 aromatic rings. The van der Waals surface area contributed by atoms with Crippen LogP contribution in [0.2, 0.25) is 0 Å². The number of nitrogens with one attached hydrogen (secondary N) is 1. The van der Waals surface area contributed by atoms with E-state index in [2.05, 4.69) is 27.3 Å². The van der Waals surface area contributed by atoms with Crippen LogP contribution in [0.3, 0.4) is 0 Å². The van der Waals surface area contributed by atoms with Crippen molar-refractivity contribution in [1.29, 1.82) is 0 Å². The number of piperidine rings is 1. The van der Waals surface area contributed by atoms with E-state index in [1.807, 2.05) is 18.5 Å². The second-order valence-corrected chi connectivity index (χ2v) is 7.19. The van der Waals surface area contributed by atoms with Gasteiger partial charge in [-0.05, 0) is 32.6 Å². The minimum Gasteiger partial charge on any atom is -0.378 e. The smallest absolute Gasteiger partial charge is 0.194 e. The number of fused-ring (bicyclic) bond motifs is 1. The molecule has 1 aromatic heterocycles. The number of hydrogen-bond acceptors (Lipinski definition) is 4. The fraction of sp³-hybridized carbons (Fsp3) is 0.833. The van der Waals surface area contributed by atoms with E-state index < -0.39 is 0 Å². The van der Waals surface area contributed by atoms with Gasteiger partial charge in [-0.2, -0.15) is 0 Å².